The lowest BCUT2D eigenvalue weighted by Crippen LogP contribution is -2.52. The van der Waals surface area contributed by atoms with E-state index >= 15 is 0 Å². The summed E-state index contributed by atoms with van der Waals surface area (Å²) in [6.07, 6.45) is 9.29. The summed E-state index contributed by atoms with van der Waals surface area (Å²) in [6.45, 7) is 0. The Balaban J connectivity index is 1.11. The van der Waals surface area contributed by atoms with E-state index in [-0.39, 0.29) is 23.7 Å². The van der Waals surface area contributed by atoms with Gasteiger partial charge < -0.3 is 15.5 Å². The molecule has 1 aromatic carbocycles. The highest BCUT2D eigenvalue weighted by atomic mass is 19.1. The van der Waals surface area contributed by atoms with Crippen LogP contribution in [0.25, 0.3) is 0 Å². The molecule has 2 N–H and O–H groups in total. The van der Waals surface area contributed by atoms with Crippen molar-refractivity contribution in [3.63, 3.8) is 0 Å². The van der Waals surface area contributed by atoms with Crippen LogP contribution in [-0.2, 0) is 10.2 Å². The third-order valence-electron chi connectivity index (χ3n) is 7.82. The number of anilines is 1. The summed E-state index contributed by atoms with van der Waals surface area (Å²) in [5.41, 5.74) is 0.833. The van der Waals surface area contributed by atoms with Gasteiger partial charge in [0, 0.05) is 30.4 Å². The Hall–Kier alpha value is -2.96. The van der Waals surface area contributed by atoms with Crippen LogP contribution in [0.3, 0.4) is 0 Å². The van der Waals surface area contributed by atoms with Gasteiger partial charge in [-0.25, -0.2) is 9.37 Å². The quantitative estimate of drug-likeness (QED) is 0.710. The third-order valence-corrected chi connectivity index (χ3v) is 7.82. The molecule has 2 aromatic rings. The molecule has 172 valence electrons. The van der Waals surface area contributed by atoms with Crippen molar-refractivity contribution in [1.82, 2.24) is 15.6 Å². The van der Waals surface area contributed by atoms with E-state index in [2.05, 4.69) is 20.5 Å². The molecule has 1 aromatic heterocycles. The summed E-state index contributed by atoms with van der Waals surface area (Å²) in [5.74, 6) is 0.610. The Bertz CT molecular complexity index is 1070. The smallest absolute Gasteiger partial charge is 0.253 e. The summed E-state index contributed by atoms with van der Waals surface area (Å²) >= 11 is 0. The van der Waals surface area contributed by atoms with Gasteiger partial charge in [0.15, 0.2) is 0 Å². The van der Waals surface area contributed by atoms with Crippen LogP contribution in [0.2, 0.25) is 0 Å². The zero-order valence-electron chi connectivity index (χ0n) is 18.6. The van der Waals surface area contributed by atoms with Crippen LogP contribution in [0.4, 0.5) is 10.2 Å². The van der Waals surface area contributed by atoms with Crippen LogP contribution in [0, 0.1) is 5.82 Å². The van der Waals surface area contributed by atoms with Gasteiger partial charge in [-0.15, -0.1) is 0 Å². The van der Waals surface area contributed by atoms with Gasteiger partial charge in [-0.3, -0.25) is 9.59 Å². The molecule has 3 atom stereocenters. The zero-order chi connectivity index (χ0) is 22.6. The summed E-state index contributed by atoms with van der Waals surface area (Å²) in [7, 11) is 0. The van der Waals surface area contributed by atoms with Crippen molar-refractivity contribution >= 4 is 17.6 Å². The molecule has 2 saturated heterocycles. The fourth-order valence-corrected chi connectivity index (χ4v) is 5.72. The molecule has 7 heteroatoms. The number of benzene rings is 1. The molecule has 4 fully saturated rings. The molecular formula is C26H29FN4O2. The molecule has 2 aliphatic carbocycles. The average Bonchev–Trinajstić information content (AvgIpc) is 3.73. The average molecular weight is 449 g/mol. The van der Waals surface area contributed by atoms with Gasteiger partial charge >= 0.3 is 0 Å². The topological polar surface area (TPSA) is 74.3 Å². The van der Waals surface area contributed by atoms with Crippen molar-refractivity contribution in [1.29, 1.82) is 0 Å². The number of hydrogen-bond acceptors (Lipinski definition) is 4. The number of nitrogens with one attached hydrogen (secondary N) is 2. The molecule has 0 spiro atoms. The van der Waals surface area contributed by atoms with Gasteiger partial charge in [-0.1, -0.05) is 12.1 Å². The van der Waals surface area contributed by atoms with E-state index in [1.165, 1.54) is 12.1 Å². The number of piperidine rings is 1. The number of hydrogen-bond donors (Lipinski definition) is 2. The summed E-state index contributed by atoms with van der Waals surface area (Å²) in [4.78, 5) is 32.4. The number of carbonyl (C=O) groups excluding carboxylic acids is 2. The standard InChI is InChI=1S/C26H29FN4O2/c27-18-3-1-2-17(12-18)26(10-11-26)25(33)30-20-13-21-7-8-22(14-20)31(21)23-9-4-16(15-28-23)24(32)29-19-5-6-19/h1-4,9,12,15,19-22H,5-8,10-11,13-14H2,(H,29,32)(H,30,33)/t20?,21-,22+. The van der Waals surface area contributed by atoms with E-state index in [0.29, 0.717) is 23.7 Å². The van der Waals surface area contributed by atoms with E-state index in [9.17, 15) is 14.0 Å². The molecule has 2 saturated carbocycles. The second-order valence-electron chi connectivity index (χ2n) is 10.2. The zero-order valence-corrected chi connectivity index (χ0v) is 18.6. The minimum Gasteiger partial charge on any atom is -0.352 e. The first kappa shape index (κ1) is 20.6. The first-order valence-electron chi connectivity index (χ1n) is 12.1. The number of carbonyl (C=O) groups is 2. The van der Waals surface area contributed by atoms with Crippen LogP contribution in [-0.4, -0.2) is 41.0 Å². The third kappa shape index (κ3) is 3.87. The fraction of sp³-hybridized carbons (Fsp3) is 0.500. The molecule has 33 heavy (non-hydrogen) atoms. The number of halogens is 1. The summed E-state index contributed by atoms with van der Waals surface area (Å²) < 4.78 is 13.7. The first-order chi connectivity index (χ1) is 16.0. The molecule has 2 aliphatic heterocycles. The van der Waals surface area contributed by atoms with Crippen LogP contribution < -0.4 is 15.5 Å². The maximum Gasteiger partial charge on any atom is 0.253 e. The normalized spacial score (nSPS) is 27.2. The number of amides is 2. The molecule has 6 rings (SSSR count). The molecule has 4 aliphatic rings. The van der Waals surface area contributed by atoms with Gasteiger partial charge in [0.1, 0.15) is 11.6 Å². The van der Waals surface area contributed by atoms with Gasteiger partial charge in [-0.05, 0) is 81.2 Å². The minimum absolute atomic E-state index is 0.0371. The van der Waals surface area contributed by atoms with Crippen molar-refractivity contribution in [3.05, 3.63) is 59.5 Å². The highest BCUT2D eigenvalue weighted by Crippen LogP contribution is 2.49. The Kier molecular flexibility index (Phi) is 4.89. The molecule has 6 nitrogen and oxygen atoms in total. The largest absolute Gasteiger partial charge is 0.352 e. The Labute approximate surface area is 193 Å². The predicted molar refractivity (Wildman–Crippen MR) is 122 cm³/mol. The van der Waals surface area contributed by atoms with E-state index in [1.54, 1.807) is 12.3 Å². The first-order valence-corrected chi connectivity index (χ1v) is 12.1. The Morgan fingerprint density at radius 3 is 2.33 bits per heavy atom. The maximum atomic E-state index is 13.7. The number of pyridine rings is 1. The van der Waals surface area contributed by atoms with Crippen molar-refractivity contribution in [3.8, 4) is 0 Å². The van der Waals surface area contributed by atoms with Gasteiger partial charge in [0.05, 0.1) is 11.0 Å². The van der Waals surface area contributed by atoms with E-state index in [0.717, 1.165) is 62.7 Å². The molecule has 2 bridgehead atoms. The second-order valence-corrected chi connectivity index (χ2v) is 10.2. The van der Waals surface area contributed by atoms with Crippen LogP contribution in [0.5, 0.6) is 0 Å². The molecule has 3 heterocycles. The van der Waals surface area contributed by atoms with Crippen molar-refractivity contribution in [2.24, 2.45) is 0 Å². The Morgan fingerprint density at radius 1 is 0.970 bits per heavy atom. The fourth-order valence-electron chi connectivity index (χ4n) is 5.72. The van der Waals surface area contributed by atoms with Crippen LogP contribution in [0.1, 0.15) is 67.3 Å². The number of rotatable bonds is 6. The van der Waals surface area contributed by atoms with Gasteiger partial charge in [0.25, 0.3) is 5.91 Å². The van der Waals surface area contributed by atoms with Crippen LogP contribution in [0.15, 0.2) is 42.6 Å². The van der Waals surface area contributed by atoms with Crippen molar-refractivity contribution in [2.45, 2.75) is 80.9 Å². The van der Waals surface area contributed by atoms with Gasteiger partial charge in [-0.2, -0.15) is 0 Å². The number of fused-ring (bicyclic) bond motifs is 2. The highest BCUT2D eigenvalue weighted by Gasteiger charge is 2.52. The van der Waals surface area contributed by atoms with E-state index < -0.39 is 5.41 Å². The van der Waals surface area contributed by atoms with Crippen molar-refractivity contribution in [2.75, 3.05) is 4.90 Å². The van der Waals surface area contributed by atoms with Crippen LogP contribution >= 0.6 is 0 Å². The monoisotopic (exact) mass is 448 g/mol. The lowest BCUT2D eigenvalue weighted by atomic mass is 9.92. The molecule has 0 radical (unpaired) electrons. The Morgan fingerprint density at radius 2 is 1.73 bits per heavy atom. The summed E-state index contributed by atoms with van der Waals surface area (Å²) in [6, 6.07) is 11.4. The lowest BCUT2D eigenvalue weighted by molar-refractivity contribution is -0.124. The maximum absolute atomic E-state index is 13.7. The van der Waals surface area contributed by atoms with Gasteiger partial charge in [0.2, 0.25) is 5.91 Å². The molecule has 2 amide bonds. The lowest BCUT2D eigenvalue weighted by Gasteiger charge is -2.40. The number of nitrogens with zero attached hydrogens (tertiary/aromatic N) is 2. The highest BCUT2D eigenvalue weighted by molar-refractivity contribution is 5.94. The SMILES string of the molecule is O=C(NC1CC1)c1ccc(N2[C@@H]3CC[C@H]2CC(NC(=O)C2(c4cccc(F)c4)CC2)C3)nc1. The second kappa shape index (κ2) is 7.82. The molecule has 1 unspecified atom stereocenters. The number of aromatic nitrogens is 1. The molecular weight excluding hydrogens is 419 g/mol. The summed E-state index contributed by atoms with van der Waals surface area (Å²) in [5, 5.41) is 6.30. The van der Waals surface area contributed by atoms with E-state index in [4.69, 9.17) is 0 Å². The minimum atomic E-state index is -0.559. The predicted octanol–water partition coefficient (Wildman–Crippen LogP) is 3.46. The van der Waals surface area contributed by atoms with E-state index in [1.807, 2.05) is 18.2 Å². The van der Waals surface area contributed by atoms with Crippen molar-refractivity contribution < 1.29 is 14.0 Å².